The van der Waals surface area contributed by atoms with Crippen LogP contribution < -0.4 is 11.2 Å². The second kappa shape index (κ2) is 10.0. The van der Waals surface area contributed by atoms with Gasteiger partial charge in [0.1, 0.15) is 0 Å². The normalized spacial score (nSPS) is 10.7. The second-order valence-electron chi connectivity index (χ2n) is 6.75. The average molecular weight is 479 g/mol. The predicted molar refractivity (Wildman–Crippen MR) is 124 cm³/mol. The minimum atomic E-state index is -0.287. The molecule has 31 heavy (non-hydrogen) atoms. The number of carbonyl (C=O) groups is 2. The van der Waals surface area contributed by atoms with Crippen LogP contribution in [-0.4, -0.2) is 50.9 Å². The molecule has 0 atom stereocenters. The third-order valence-corrected chi connectivity index (χ3v) is 5.79. The molecular formula is C20H20Cl2N6O2S. The van der Waals surface area contributed by atoms with Crippen molar-refractivity contribution in [3.63, 3.8) is 0 Å². The molecule has 0 fully saturated rings. The van der Waals surface area contributed by atoms with Crippen molar-refractivity contribution >= 4 is 52.5 Å². The van der Waals surface area contributed by atoms with Gasteiger partial charge in [-0.3, -0.25) is 9.59 Å². The summed E-state index contributed by atoms with van der Waals surface area (Å²) in [4.78, 5) is 25.9. The van der Waals surface area contributed by atoms with E-state index in [0.29, 0.717) is 32.3 Å². The zero-order chi connectivity index (χ0) is 22.5. The minimum Gasteiger partial charge on any atom is -0.336 e. The first-order valence-electron chi connectivity index (χ1n) is 9.14. The number of nitrogens with zero attached hydrogens (tertiary/aromatic N) is 4. The maximum absolute atomic E-state index is 12.4. The maximum atomic E-state index is 12.4. The third-order valence-electron chi connectivity index (χ3n) is 4.30. The summed E-state index contributed by atoms with van der Waals surface area (Å²) < 4.78 is 1.25. The van der Waals surface area contributed by atoms with Crippen molar-refractivity contribution < 1.29 is 9.59 Å². The van der Waals surface area contributed by atoms with Crippen molar-refractivity contribution in [2.75, 3.05) is 30.5 Å². The lowest BCUT2D eigenvalue weighted by molar-refractivity contribution is -0.131. The van der Waals surface area contributed by atoms with Gasteiger partial charge in [0.05, 0.1) is 17.3 Å². The molecule has 0 unspecified atom stereocenters. The van der Waals surface area contributed by atoms with Crippen molar-refractivity contribution in [1.82, 2.24) is 19.8 Å². The number of benzene rings is 2. The minimum absolute atomic E-state index is 0.0346. The van der Waals surface area contributed by atoms with Gasteiger partial charge in [-0.15, -0.1) is 10.2 Å². The molecule has 2 amide bonds. The summed E-state index contributed by atoms with van der Waals surface area (Å²) in [5, 5.41) is 12.1. The number of nitrogen functional groups attached to an aromatic ring is 1. The highest BCUT2D eigenvalue weighted by Gasteiger charge is 2.18. The van der Waals surface area contributed by atoms with Crippen LogP contribution in [0.5, 0.6) is 0 Å². The van der Waals surface area contributed by atoms with E-state index >= 15 is 0 Å². The van der Waals surface area contributed by atoms with Crippen molar-refractivity contribution in [1.29, 1.82) is 0 Å². The molecule has 8 nitrogen and oxygen atoms in total. The number of hydrogen-bond acceptors (Lipinski definition) is 6. The Bertz CT molecular complexity index is 1100. The lowest BCUT2D eigenvalue weighted by atomic mass is 10.2. The van der Waals surface area contributed by atoms with E-state index in [1.165, 1.54) is 9.58 Å². The van der Waals surface area contributed by atoms with Gasteiger partial charge < -0.3 is 16.1 Å². The van der Waals surface area contributed by atoms with Gasteiger partial charge in [-0.05, 0) is 37.3 Å². The van der Waals surface area contributed by atoms with Gasteiger partial charge in [-0.1, -0.05) is 52.7 Å². The number of aryl methyl sites for hydroxylation is 1. The van der Waals surface area contributed by atoms with Gasteiger partial charge in [0.25, 0.3) is 0 Å². The summed E-state index contributed by atoms with van der Waals surface area (Å²) in [5.41, 5.74) is 2.30. The highest BCUT2D eigenvalue weighted by Crippen LogP contribution is 2.30. The third kappa shape index (κ3) is 5.90. The number of nitrogens with one attached hydrogen (secondary N) is 1. The molecule has 0 bridgehead atoms. The summed E-state index contributed by atoms with van der Waals surface area (Å²) in [5.74, 6) is 5.89. The van der Waals surface area contributed by atoms with Crippen LogP contribution >= 0.6 is 35.0 Å². The molecule has 3 rings (SSSR count). The quantitative estimate of drug-likeness (QED) is 0.397. The molecular weight excluding hydrogens is 459 g/mol. The Kier molecular flexibility index (Phi) is 7.42. The van der Waals surface area contributed by atoms with Gasteiger partial charge in [-0.25, -0.2) is 4.68 Å². The summed E-state index contributed by atoms with van der Waals surface area (Å²) in [6.45, 7) is 1.89. The number of halogens is 2. The van der Waals surface area contributed by atoms with Gasteiger partial charge in [0, 0.05) is 23.3 Å². The summed E-state index contributed by atoms with van der Waals surface area (Å²) >= 11 is 13.3. The van der Waals surface area contributed by atoms with E-state index in [0.717, 1.165) is 17.3 Å². The lowest BCUT2D eigenvalue weighted by Crippen LogP contribution is -2.36. The van der Waals surface area contributed by atoms with E-state index in [2.05, 4.69) is 15.5 Å². The predicted octanol–water partition coefficient (Wildman–Crippen LogP) is 3.46. The van der Waals surface area contributed by atoms with Crippen LogP contribution in [0.3, 0.4) is 0 Å². The first kappa shape index (κ1) is 22.9. The van der Waals surface area contributed by atoms with Gasteiger partial charge >= 0.3 is 0 Å². The molecule has 3 N–H and O–H groups in total. The molecule has 0 aliphatic rings. The highest BCUT2D eigenvalue weighted by molar-refractivity contribution is 7.99. The van der Waals surface area contributed by atoms with Crippen LogP contribution in [0.2, 0.25) is 10.0 Å². The smallest absolute Gasteiger partial charge is 0.243 e. The summed E-state index contributed by atoms with van der Waals surface area (Å²) in [6.07, 6.45) is 0. The van der Waals surface area contributed by atoms with Crippen LogP contribution in [0.15, 0.2) is 47.6 Å². The van der Waals surface area contributed by atoms with Crippen molar-refractivity contribution in [2.45, 2.75) is 12.1 Å². The number of aromatic nitrogens is 3. The molecule has 0 saturated carbocycles. The molecule has 1 heterocycles. The van der Waals surface area contributed by atoms with Crippen LogP contribution in [0.1, 0.15) is 5.56 Å². The Morgan fingerprint density at radius 1 is 1.16 bits per heavy atom. The van der Waals surface area contributed by atoms with Crippen LogP contribution in [-0.2, 0) is 9.59 Å². The molecule has 0 aliphatic heterocycles. The Labute approximate surface area is 193 Å². The Hall–Kier alpha value is -2.75. The van der Waals surface area contributed by atoms with Crippen molar-refractivity contribution in [3.05, 3.63) is 58.1 Å². The van der Waals surface area contributed by atoms with E-state index in [-0.39, 0.29) is 24.1 Å². The molecule has 0 radical (unpaired) electrons. The molecule has 0 aliphatic carbocycles. The van der Waals surface area contributed by atoms with E-state index in [1.54, 1.807) is 25.2 Å². The number of thioether (sulfide) groups is 1. The molecule has 0 saturated heterocycles. The van der Waals surface area contributed by atoms with E-state index < -0.39 is 0 Å². The Morgan fingerprint density at radius 2 is 1.87 bits per heavy atom. The fourth-order valence-electron chi connectivity index (χ4n) is 2.61. The molecule has 11 heteroatoms. The van der Waals surface area contributed by atoms with Gasteiger partial charge in [-0.2, -0.15) is 0 Å². The standard InChI is InChI=1S/C20H20Cl2N6O2S/c1-12-3-6-14(7-4-12)24-17(29)10-27(2)18(30)11-31-20-26-25-19(28(20)23)15-9-13(21)5-8-16(15)22/h3-9H,10-11,23H2,1-2H3,(H,24,29). The lowest BCUT2D eigenvalue weighted by Gasteiger charge is -2.16. The van der Waals surface area contributed by atoms with Crippen LogP contribution in [0, 0.1) is 6.92 Å². The van der Waals surface area contributed by atoms with Crippen molar-refractivity contribution in [3.8, 4) is 11.4 Å². The molecule has 162 valence electrons. The highest BCUT2D eigenvalue weighted by atomic mass is 35.5. The SMILES string of the molecule is Cc1ccc(NC(=O)CN(C)C(=O)CSc2nnc(-c3cc(Cl)ccc3Cl)n2N)cc1. The number of anilines is 1. The number of amides is 2. The Morgan fingerprint density at radius 3 is 2.58 bits per heavy atom. The zero-order valence-electron chi connectivity index (χ0n) is 16.8. The summed E-state index contributed by atoms with van der Waals surface area (Å²) in [7, 11) is 1.56. The second-order valence-corrected chi connectivity index (χ2v) is 8.54. The zero-order valence-corrected chi connectivity index (χ0v) is 19.1. The van der Waals surface area contributed by atoms with Gasteiger partial charge in [0.15, 0.2) is 5.82 Å². The van der Waals surface area contributed by atoms with E-state index in [9.17, 15) is 9.59 Å². The fourth-order valence-corrected chi connectivity index (χ4v) is 3.78. The fraction of sp³-hybridized carbons (Fsp3) is 0.200. The Balaban J connectivity index is 1.56. The maximum Gasteiger partial charge on any atom is 0.243 e. The number of hydrogen-bond donors (Lipinski definition) is 2. The number of nitrogens with two attached hydrogens (primary N) is 1. The number of rotatable bonds is 7. The average Bonchev–Trinajstić information content (AvgIpc) is 3.09. The topological polar surface area (TPSA) is 106 Å². The molecule has 2 aromatic carbocycles. The van der Waals surface area contributed by atoms with Crippen LogP contribution in [0.4, 0.5) is 5.69 Å². The number of likely N-dealkylation sites (N-methyl/N-ethyl adjacent to an activating group) is 1. The molecule has 3 aromatic rings. The molecule has 0 spiro atoms. The first-order chi connectivity index (χ1) is 14.7. The van der Waals surface area contributed by atoms with Gasteiger partial charge in [0.2, 0.25) is 17.0 Å². The largest absolute Gasteiger partial charge is 0.336 e. The number of carbonyl (C=O) groups excluding carboxylic acids is 2. The molecule has 1 aromatic heterocycles. The van der Waals surface area contributed by atoms with E-state index in [1.807, 2.05) is 31.2 Å². The first-order valence-corrected chi connectivity index (χ1v) is 10.9. The monoisotopic (exact) mass is 478 g/mol. The van der Waals surface area contributed by atoms with E-state index in [4.69, 9.17) is 29.0 Å². The summed E-state index contributed by atoms with van der Waals surface area (Å²) in [6, 6.07) is 12.3. The van der Waals surface area contributed by atoms with Crippen molar-refractivity contribution in [2.24, 2.45) is 0 Å². The van der Waals surface area contributed by atoms with Crippen LogP contribution in [0.25, 0.3) is 11.4 Å².